The molecule has 0 radical (unpaired) electrons. The fourth-order valence-corrected chi connectivity index (χ4v) is 2.71. The van der Waals surface area contributed by atoms with Crippen LogP contribution >= 0.6 is 0 Å². The summed E-state index contributed by atoms with van der Waals surface area (Å²) in [5.74, 6) is -0.972. The number of fused-ring (bicyclic) bond motifs is 1. The van der Waals surface area contributed by atoms with E-state index in [-0.39, 0.29) is 18.1 Å². The van der Waals surface area contributed by atoms with Crippen LogP contribution in [0.3, 0.4) is 0 Å². The first kappa shape index (κ1) is 14.4. The van der Waals surface area contributed by atoms with Crippen LogP contribution in [0.1, 0.15) is 18.9 Å². The summed E-state index contributed by atoms with van der Waals surface area (Å²) in [5.41, 5.74) is 0.879. The molecule has 1 aromatic heterocycles. The minimum atomic E-state index is -5.11. The monoisotopic (exact) mass is 327 g/mol. The first-order valence-corrected chi connectivity index (χ1v) is 7.59. The van der Waals surface area contributed by atoms with Crippen molar-refractivity contribution in [3.8, 4) is 5.75 Å². The van der Waals surface area contributed by atoms with Crippen molar-refractivity contribution in [2.24, 2.45) is 0 Å². The molecule has 0 bridgehead atoms. The van der Waals surface area contributed by atoms with Crippen LogP contribution in [0.4, 0.5) is 3.89 Å². The van der Waals surface area contributed by atoms with Gasteiger partial charge in [0.2, 0.25) is 11.8 Å². The smallest absolute Gasteiger partial charge is 0.358 e. The number of nitrogens with zero attached hydrogens (tertiary/aromatic N) is 2. The Labute approximate surface area is 124 Å². The Kier molecular flexibility index (Phi) is 3.32. The van der Waals surface area contributed by atoms with E-state index in [0.29, 0.717) is 17.5 Å². The largest absolute Gasteiger partial charge is 0.488 e. The maximum Gasteiger partial charge on any atom is 0.488 e. The van der Waals surface area contributed by atoms with Crippen molar-refractivity contribution in [3.05, 3.63) is 24.5 Å². The van der Waals surface area contributed by atoms with Crippen LogP contribution in [-0.4, -0.2) is 29.8 Å². The highest BCUT2D eigenvalue weighted by Crippen LogP contribution is 2.26. The number of piperidine rings is 1. The molecule has 1 aliphatic rings. The highest BCUT2D eigenvalue weighted by Gasteiger charge is 2.29. The first-order chi connectivity index (χ1) is 10.3. The zero-order valence-electron chi connectivity index (χ0n) is 11.0. The fourth-order valence-electron chi connectivity index (χ4n) is 2.37. The van der Waals surface area contributed by atoms with Gasteiger partial charge in [-0.1, -0.05) is 3.89 Å². The molecule has 116 valence electrons. The lowest BCUT2D eigenvalue weighted by Gasteiger charge is -2.22. The second-order valence-corrected chi connectivity index (χ2v) is 5.70. The van der Waals surface area contributed by atoms with Crippen molar-refractivity contribution in [2.45, 2.75) is 18.9 Å². The Morgan fingerprint density at radius 1 is 1.36 bits per heavy atom. The second kappa shape index (κ2) is 5.05. The molecule has 0 aliphatic carbocycles. The highest BCUT2D eigenvalue weighted by molar-refractivity contribution is 7.81. The number of hydrogen-bond donors (Lipinski definition) is 1. The van der Waals surface area contributed by atoms with Gasteiger partial charge in [0.15, 0.2) is 0 Å². The van der Waals surface area contributed by atoms with Gasteiger partial charge in [-0.15, -0.1) is 0 Å². The summed E-state index contributed by atoms with van der Waals surface area (Å²) in [5, 5.41) is 2.24. The van der Waals surface area contributed by atoms with E-state index in [9.17, 15) is 21.9 Å². The molecule has 1 fully saturated rings. The van der Waals surface area contributed by atoms with Gasteiger partial charge >= 0.3 is 10.5 Å². The van der Waals surface area contributed by atoms with Gasteiger partial charge in [0.1, 0.15) is 11.8 Å². The van der Waals surface area contributed by atoms with E-state index in [2.05, 4.69) is 14.5 Å². The Bertz CT molecular complexity index is 876. The molecule has 1 atom stereocenters. The van der Waals surface area contributed by atoms with E-state index in [1.807, 2.05) is 0 Å². The molecule has 1 unspecified atom stereocenters. The number of aromatic nitrogens is 2. The molecular weight excluding hydrogens is 317 g/mol. The Morgan fingerprint density at radius 3 is 2.82 bits per heavy atom. The lowest BCUT2D eigenvalue weighted by Crippen LogP contribution is -2.41. The lowest BCUT2D eigenvalue weighted by atomic mass is 10.1. The molecule has 2 heterocycles. The van der Waals surface area contributed by atoms with Crippen LogP contribution < -0.4 is 9.50 Å². The number of imidazole rings is 1. The minimum Gasteiger partial charge on any atom is -0.358 e. The van der Waals surface area contributed by atoms with Gasteiger partial charge in [-0.2, -0.15) is 8.42 Å². The summed E-state index contributed by atoms with van der Waals surface area (Å²) in [6, 6.07) is 3.38. The van der Waals surface area contributed by atoms with Crippen molar-refractivity contribution in [3.63, 3.8) is 0 Å². The third-order valence-electron chi connectivity index (χ3n) is 3.29. The van der Waals surface area contributed by atoms with Crippen molar-refractivity contribution < 1.29 is 26.1 Å². The third-order valence-corrected chi connectivity index (χ3v) is 3.68. The maximum atomic E-state index is 12.5. The van der Waals surface area contributed by atoms with Crippen molar-refractivity contribution >= 4 is 33.4 Å². The number of carbonyl (C=O) groups excluding carboxylic acids is 2. The SMILES string of the molecule is O=C1CCC(n2cnc3cc(OS(=O)(=O)F)ccc32)C(=O)N1. The van der Waals surface area contributed by atoms with E-state index in [1.54, 1.807) is 4.57 Å². The summed E-state index contributed by atoms with van der Waals surface area (Å²) in [6.07, 6.45) is 1.96. The number of halogens is 1. The molecule has 3 rings (SSSR count). The zero-order valence-corrected chi connectivity index (χ0v) is 11.8. The summed E-state index contributed by atoms with van der Waals surface area (Å²) in [4.78, 5) is 27.1. The summed E-state index contributed by atoms with van der Waals surface area (Å²) < 4.78 is 39.1. The molecule has 2 aromatic rings. The van der Waals surface area contributed by atoms with Crippen molar-refractivity contribution in [1.82, 2.24) is 14.9 Å². The summed E-state index contributed by atoms with van der Waals surface area (Å²) in [6.45, 7) is 0. The van der Waals surface area contributed by atoms with Gasteiger partial charge < -0.3 is 8.75 Å². The minimum absolute atomic E-state index is 0.219. The molecule has 1 aliphatic heterocycles. The van der Waals surface area contributed by atoms with Crippen molar-refractivity contribution in [2.75, 3.05) is 0 Å². The molecule has 8 nitrogen and oxygen atoms in total. The van der Waals surface area contributed by atoms with E-state index < -0.39 is 22.5 Å². The summed E-state index contributed by atoms with van der Waals surface area (Å²) >= 11 is 0. The van der Waals surface area contributed by atoms with Crippen LogP contribution in [0.2, 0.25) is 0 Å². The van der Waals surface area contributed by atoms with Crippen LogP contribution in [0.15, 0.2) is 24.5 Å². The second-order valence-electron chi connectivity index (χ2n) is 4.75. The number of rotatable bonds is 3. The van der Waals surface area contributed by atoms with Gasteiger partial charge in [0.05, 0.1) is 17.4 Å². The normalized spacial score (nSPS) is 19.2. The number of benzene rings is 1. The van der Waals surface area contributed by atoms with E-state index >= 15 is 0 Å². The van der Waals surface area contributed by atoms with Gasteiger partial charge in [-0.3, -0.25) is 14.9 Å². The number of nitrogens with one attached hydrogen (secondary N) is 1. The zero-order chi connectivity index (χ0) is 15.9. The van der Waals surface area contributed by atoms with Crippen LogP contribution in [-0.2, 0) is 20.1 Å². The Morgan fingerprint density at radius 2 is 2.14 bits per heavy atom. The predicted octanol–water partition coefficient (Wildman–Crippen LogP) is 0.607. The molecule has 22 heavy (non-hydrogen) atoms. The fraction of sp³-hybridized carbons (Fsp3) is 0.250. The Hall–Kier alpha value is -2.49. The Balaban J connectivity index is 1.96. The maximum absolute atomic E-state index is 12.5. The number of amides is 2. The van der Waals surface area contributed by atoms with Crippen LogP contribution in [0.5, 0.6) is 5.75 Å². The van der Waals surface area contributed by atoms with E-state index in [4.69, 9.17) is 0 Å². The molecule has 1 saturated heterocycles. The van der Waals surface area contributed by atoms with E-state index in [1.165, 1.54) is 24.5 Å². The molecular formula is C12H10FN3O5S. The van der Waals surface area contributed by atoms with Gasteiger partial charge in [-0.25, -0.2) is 4.98 Å². The average molecular weight is 327 g/mol. The molecule has 1 N–H and O–H groups in total. The quantitative estimate of drug-likeness (QED) is 0.653. The molecule has 0 spiro atoms. The highest BCUT2D eigenvalue weighted by atomic mass is 32.3. The number of hydrogen-bond acceptors (Lipinski definition) is 6. The average Bonchev–Trinajstić information content (AvgIpc) is 2.80. The van der Waals surface area contributed by atoms with Crippen molar-refractivity contribution in [1.29, 1.82) is 0 Å². The number of carbonyl (C=O) groups is 2. The third kappa shape index (κ3) is 2.77. The molecule has 2 amide bonds. The standard InChI is InChI=1S/C12H10FN3O5S/c13-22(19,20)21-7-1-2-9-8(5-7)14-6-16(9)10-3-4-11(17)15-12(10)18/h1-2,5-6,10H,3-4H2,(H,15,17,18). The van der Waals surface area contributed by atoms with Crippen LogP contribution in [0.25, 0.3) is 11.0 Å². The van der Waals surface area contributed by atoms with Gasteiger partial charge in [0.25, 0.3) is 0 Å². The topological polar surface area (TPSA) is 107 Å². The first-order valence-electron chi connectivity index (χ1n) is 6.28. The van der Waals surface area contributed by atoms with Crippen LogP contribution in [0, 0.1) is 0 Å². The molecule has 1 aromatic carbocycles. The predicted molar refractivity (Wildman–Crippen MR) is 71.8 cm³/mol. The van der Waals surface area contributed by atoms with E-state index in [0.717, 1.165) is 0 Å². The summed E-state index contributed by atoms with van der Waals surface area (Å²) in [7, 11) is -5.11. The molecule has 10 heteroatoms. The van der Waals surface area contributed by atoms with Gasteiger partial charge in [0, 0.05) is 12.5 Å². The number of imide groups is 1. The lowest BCUT2D eigenvalue weighted by molar-refractivity contribution is -0.135. The molecule has 0 saturated carbocycles. The van der Waals surface area contributed by atoms with Gasteiger partial charge in [-0.05, 0) is 18.6 Å².